The number of carbonyl (C=O) groups excluding carboxylic acids is 1. The molecular weight excluding hydrogens is 344 g/mol. The third-order valence-electron chi connectivity index (χ3n) is 2.63. The SMILES string of the molecule is CC(C)(CN)NC(=O)CCCOc1ccccc1Br.Cl. The van der Waals surface area contributed by atoms with Crippen molar-refractivity contribution in [2.75, 3.05) is 13.2 Å². The molecule has 0 atom stereocenters. The Labute approximate surface area is 135 Å². The van der Waals surface area contributed by atoms with Crippen LogP contribution in [0.4, 0.5) is 0 Å². The summed E-state index contributed by atoms with van der Waals surface area (Å²) in [4.78, 5) is 11.7. The summed E-state index contributed by atoms with van der Waals surface area (Å²) in [6.45, 7) is 4.75. The zero-order chi connectivity index (χ0) is 14.3. The highest BCUT2D eigenvalue weighted by molar-refractivity contribution is 9.10. The standard InChI is InChI=1S/C14H21BrN2O2.ClH/c1-14(2,10-16)17-13(18)8-5-9-19-12-7-4-3-6-11(12)15;/h3-4,6-7H,5,8-10,16H2,1-2H3,(H,17,18);1H. The quantitative estimate of drug-likeness (QED) is 0.730. The van der Waals surface area contributed by atoms with Gasteiger partial charge in [-0.3, -0.25) is 4.79 Å². The van der Waals surface area contributed by atoms with Gasteiger partial charge in [0.25, 0.3) is 0 Å². The van der Waals surface area contributed by atoms with Gasteiger partial charge in [-0.15, -0.1) is 12.4 Å². The van der Waals surface area contributed by atoms with Crippen LogP contribution in [0.3, 0.4) is 0 Å². The molecule has 0 aliphatic rings. The van der Waals surface area contributed by atoms with Crippen LogP contribution in [0.5, 0.6) is 5.75 Å². The van der Waals surface area contributed by atoms with Gasteiger partial charge in [0.1, 0.15) is 5.75 Å². The van der Waals surface area contributed by atoms with E-state index in [1.54, 1.807) is 0 Å². The Morgan fingerprint density at radius 1 is 1.40 bits per heavy atom. The Kier molecular flexibility index (Phi) is 8.85. The van der Waals surface area contributed by atoms with E-state index in [-0.39, 0.29) is 23.9 Å². The largest absolute Gasteiger partial charge is 0.492 e. The van der Waals surface area contributed by atoms with Gasteiger partial charge < -0.3 is 15.8 Å². The summed E-state index contributed by atoms with van der Waals surface area (Å²) in [6, 6.07) is 7.66. The fourth-order valence-corrected chi connectivity index (χ4v) is 1.87. The van der Waals surface area contributed by atoms with Crippen LogP contribution in [0.2, 0.25) is 0 Å². The number of para-hydroxylation sites is 1. The number of ether oxygens (including phenoxy) is 1. The van der Waals surface area contributed by atoms with E-state index in [1.807, 2.05) is 38.1 Å². The van der Waals surface area contributed by atoms with E-state index in [1.165, 1.54) is 0 Å². The van der Waals surface area contributed by atoms with Crippen LogP contribution >= 0.6 is 28.3 Å². The van der Waals surface area contributed by atoms with E-state index in [9.17, 15) is 4.79 Å². The van der Waals surface area contributed by atoms with Gasteiger partial charge >= 0.3 is 0 Å². The normalized spacial score (nSPS) is 10.6. The summed E-state index contributed by atoms with van der Waals surface area (Å²) in [6.07, 6.45) is 1.11. The van der Waals surface area contributed by atoms with E-state index < -0.39 is 0 Å². The van der Waals surface area contributed by atoms with Crippen molar-refractivity contribution in [1.82, 2.24) is 5.32 Å². The van der Waals surface area contributed by atoms with Crippen LogP contribution < -0.4 is 15.8 Å². The van der Waals surface area contributed by atoms with Gasteiger partial charge in [-0.05, 0) is 48.3 Å². The summed E-state index contributed by atoms with van der Waals surface area (Å²) >= 11 is 3.41. The lowest BCUT2D eigenvalue weighted by Crippen LogP contribution is -2.48. The molecule has 1 amide bonds. The molecule has 3 N–H and O–H groups in total. The van der Waals surface area contributed by atoms with Crippen molar-refractivity contribution in [3.8, 4) is 5.75 Å². The van der Waals surface area contributed by atoms with E-state index in [4.69, 9.17) is 10.5 Å². The lowest BCUT2D eigenvalue weighted by atomic mass is 10.1. The van der Waals surface area contributed by atoms with Crippen molar-refractivity contribution in [2.45, 2.75) is 32.2 Å². The lowest BCUT2D eigenvalue weighted by molar-refractivity contribution is -0.122. The second-order valence-electron chi connectivity index (χ2n) is 5.02. The summed E-state index contributed by atoms with van der Waals surface area (Å²) < 4.78 is 6.51. The highest BCUT2D eigenvalue weighted by atomic mass is 79.9. The van der Waals surface area contributed by atoms with Gasteiger partial charge in [0.2, 0.25) is 5.91 Å². The second-order valence-corrected chi connectivity index (χ2v) is 5.87. The molecule has 0 bridgehead atoms. The summed E-state index contributed by atoms with van der Waals surface area (Å²) in [5.41, 5.74) is 5.21. The summed E-state index contributed by atoms with van der Waals surface area (Å²) in [5, 5.41) is 2.89. The topological polar surface area (TPSA) is 64.3 Å². The predicted molar refractivity (Wildman–Crippen MR) is 87.4 cm³/mol. The maximum absolute atomic E-state index is 11.7. The highest BCUT2D eigenvalue weighted by Crippen LogP contribution is 2.23. The number of nitrogens with one attached hydrogen (secondary N) is 1. The first-order valence-electron chi connectivity index (χ1n) is 6.33. The van der Waals surface area contributed by atoms with Gasteiger partial charge in [0.15, 0.2) is 0 Å². The number of benzene rings is 1. The van der Waals surface area contributed by atoms with Crippen LogP contribution in [-0.4, -0.2) is 24.6 Å². The highest BCUT2D eigenvalue weighted by Gasteiger charge is 2.17. The molecule has 4 nitrogen and oxygen atoms in total. The number of rotatable bonds is 7. The van der Waals surface area contributed by atoms with Crippen LogP contribution in [0.1, 0.15) is 26.7 Å². The zero-order valence-electron chi connectivity index (χ0n) is 11.8. The molecule has 0 spiro atoms. The number of hydrogen-bond donors (Lipinski definition) is 2. The van der Waals surface area contributed by atoms with Crippen LogP contribution in [0, 0.1) is 0 Å². The van der Waals surface area contributed by atoms with E-state index in [0.717, 1.165) is 10.2 Å². The molecule has 20 heavy (non-hydrogen) atoms. The molecule has 1 aromatic carbocycles. The molecule has 0 aromatic heterocycles. The van der Waals surface area contributed by atoms with Crippen molar-refractivity contribution in [1.29, 1.82) is 0 Å². The third kappa shape index (κ3) is 7.12. The minimum absolute atomic E-state index is 0. The number of nitrogens with two attached hydrogens (primary N) is 1. The van der Waals surface area contributed by atoms with Crippen molar-refractivity contribution >= 4 is 34.2 Å². The number of carbonyl (C=O) groups is 1. The van der Waals surface area contributed by atoms with Crippen molar-refractivity contribution in [2.24, 2.45) is 5.73 Å². The van der Waals surface area contributed by atoms with Crippen molar-refractivity contribution in [3.63, 3.8) is 0 Å². The number of halogens is 2. The third-order valence-corrected chi connectivity index (χ3v) is 3.29. The van der Waals surface area contributed by atoms with Crippen molar-refractivity contribution in [3.05, 3.63) is 28.7 Å². The Morgan fingerprint density at radius 2 is 2.05 bits per heavy atom. The minimum Gasteiger partial charge on any atom is -0.492 e. The zero-order valence-corrected chi connectivity index (χ0v) is 14.2. The molecule has 0 saturated heterocycles. The Hall–Kier alpha value is -0.780. The Balaban J connectivity index is 0.00000361. The van der Waals surface area contributed by atoms with Gasteiger partial charge in [-0.1, -0.05) is 12.1 Å². The van der Waals surface area contributed by atoms with Crippen LogP contribution in [-0.2, 0) is 4.79 Å². The molecule has 114 valence electrons. The molecule has 0 unspecified atom stereocenters. The molecule has 1 rings (SSSR count). The van der Waals surface area contributed by atoms with Crippen molar-refractivity contribution < 1.29 is 9.53 Å². The lowest BCUT2D eigenvalue weighted by Gasteiger charge is -2.24. The Bertz CT molecular complexity index is 427. The average Bonchev–Trinajstić information content (AvgIpc) is 2.36. The van der Waals surface area contributed by atoms with Gasteiger partial charge in [-0.2, -0.15) is 0 Å². The first-order valence-corrected chi connectivity index (χ1v) is 7.12. The molecule has 0 aliphatic carbocycles. The first-order chi connectivity index (χ1) is 8.94. The number of hydrogen-bond acceptors (Lipinski definition) is 3. The summed E-state index contributed by atoms with van der Waals surface area (Å²) in [7, 11) is 0. The van der Waals surface area contributed by atoms with E-state index in [0.29, 0.717) is 26.0 Å². The monoisotopic (exact) mass is 364 g/mol. The maximum atomic E-state index is 11.7. The smallest absolute Gasteiger partial charge is 0.220 e. The van der Waals surface area contributed by atoms with Crippen LogP contribution in [0.25, 0.3) is 0 Å². The second kappa shape index (κ2) is 9.21. The van der Waals surface area contributed by atoms with Gasteiger partial charge in [0.05, 0.1) is 11.1 Å². The van der Waals surface area contributed by atoms with Gasteiger partial charge in [-0.25, -0.2) is 0 Å². The van der Waals surface area contributed by atoms with Crippen LogP contribution in [0.15, 0.2) is 28.7 Å². The maximum Gasteiger partial charge on any atom is 0.220 e. The fraction of sp³-hybridized carbons (Fsp3) is 0.500. The minimum atomic E-state index is -0.347. The molecule has 0 heterocycles. The summed E-state index contributed by atoms with van der Waals surface area (Å²) in [5.74, 6) is 0.802. The van der Waals surface area contributed by atoms with E-state index >= 15 is 0 Å². The Morgan fingerprint density at radius 3 is 2.65 bits per heavy atom. The average molecular weight is 366 g/mol. The molecule has 0 saturated carbocycles. The molecule has 1 aromatic rings. The first kappa shape index (κ1) is 19.2. The van der Waals surface area contributed by atoms with Gasteiger partial charge in [0, 0.05) is 18.5 Å². The molecule has 0 radical (unpaired) electrons. The molecule has 0 fully saturated rings. The number of amides is 1. The molecule has 0 aliphatic heterocycles. The van der Waals surface area contributed by atoms with E-state index in [2.05, 4.69) is 21.2 Å². The fourth-order valence-electron chi connectivity index (χ4n) is 1.47. The molecule has 6 heteroatoms. The predicted octanol–water partition coefficient (Wildman–Crippen LogP) is 2.88. The molecular formula is C14H22BrClN2O2.